The molecule has 38 heavy (non-hydrogen) atoms. The van der Waals surface area contributed by atoms with Crippen LogP contribution < -0.4 is 26.4 Å². The van der Waals surface area contributed by atoms with Gasteiger partial charge in [-0.3, -0.25) is 15.4 Å². The van der Waals surface area contributed by atoms with Crippen molar-refractivity contribution in [3.05, 3.63) is 47.5 Å². The number of hydrogen-bond acceptors (Lipinski definition) is 11. The monoisotopic (exact) mass is 518 g/mol. The molecule has 1 aromatic carbocycles. The summed E-state index contributed by atoms with van der Waals surface area (Å²) in [5.74, 6) is 1.68. The zero-order valence-corrected chi connectivity index (χ0v) is 21.0. The van der Waals surface area contributed by atoms with Crippen LogP contribution in [0, 0.1) is 0 Å². The number of nitrogens with zero attached hydrogens (tertiary/aromatic N) is 8. The molecule has 3 aromatic heterocycles. The fraction of sp³-hybridized carbons (Fsp3) is 0.292. The maximum Gasteiger partial charge on any atom is 0.277 e. The Labute approximate surface area is 217 Å². The lowest BCUT2D eigenvalue weighted by molar-refractivity contribution is -0.104. The van der Waals surface area contributed by atoms with Crippen LogP contribution in [0.1, 0.15) is 21.7 Å². The molecule has 0 atom stereocenters. The van der Waals surface area contributed by atoms with Gasteiger partial charge in [0, 0.05) is 50.8 Å². The number of imidazole rings is 1. The van der Waals surface area contributed by atoms with Gasteiger partial charge in [0.1, 0.15) is 5.82 Å². The summed E-state index contributed by atoms with van der Waals surface area (Å²) < 4.78 is 7.47. The molecule has 1 fully saturated rings. The summed E-state index contributed by atoms with van der Waals surface area (Å²) in [5, 5.41) is 14.6. The first-order chi connectivity index (χ1) is 18.4. The van der Waals surface area contributed by atoms with Gasteiger partial charge in [-0.05, 0) is 18.2 Å². The molecule has 196 valence electrons. The predicted molar refractivity (Wildman–Crippen MR) is 140 cm³/mol. The van der Waals surface area contributed by atoms with Crippen LogP contribution in [0.2, 0.25) is 0 Å². The van der Waals surface area contributed by atoms with Crippen LogP contribution in [-0.2, 0) is 18.3 Å². The molecule has 5 rings (SSSR count). The average Bonchev–Trinajstić information content (AvgIpc) is 3.27. The van der Waals surface area contributed by atoms with Gasteiger partial charge in [-0.25, -0.2) is 30.4 Å². The first-order valence-electron chi connectivity index (χ1n) is 11.9. The summed E-state index contributed by atoms with van der Waals surface area (Å²) in [7, 11) is 3.72. The standard InChI is InChI=1S/C24H27N11O3/c1-33(24-27-11-16(12-28-24)23(36)32-37)13-18-29-19-21(34(18)2)30-20(14-3-4-17(26)15(9-14)10-25)31-22(19)35-5-7-38-8-6-35/h3-4,9-12,25,37H,5-8,13,26H2,1-2H3,(H,32,36)/p+1. The number of morpholine rings is 1. The van der Waals surface area contributed by atoms with Gasteiger partial charge in [0.05, 0.1) is 30.9 Å². The van der Waals surface area contributed by atoms with Gasteiger partial charge in [0.15, 0.2) is 29.0 Å². The zero-order chi connectivity index (χ0) is 26.8. The SMILES string of the molecule is CN(Cc1nc2c(N3CCOCC3)nc(-c3ccc(N)c(C=[NH2+])c3)nc2n1C)c1ncc(C(=O)NO)cn1. The van der Waals surface area contributed by atoms with E-state index in [0.717, 1.165) is 17.2 Å². The molecular formula is C24H28N11O3+. The molecule has 1 aliphatic heterocycles. The van der Waals surface area contributed by atoms with Gasteiger partial charge in [-0.15, -0.1) is 0 Å². The smallest absolute Gasteiger partial charge is 0.277 e. The molecule has 0 aliphatic carbocycles. The molecule has 4 aromatic rings. The van der Waals surface area contributed by atoms with Gasteiger partial charge in [-0.1, -0.05) is 0 Å². The lowest BCUT2D eigenvalue weighted by atomic mass is 10.1. The Hall–Kier alpha value is -4.69. The quantitative estimate of drug-likeness (QED) is 0.104. The summed E-state index contributed by atoms with van der Waals surface area (Å²) >= 11 is 0. The summed E-state index contributed by atoms with van der Waals surface area (Å²) in [6.45, 7) is 2.92. The minimum absolute atomic E-state index is 0.142. The van der Waals surface area contributed by atoms with Crippen LogP contribution in [0.15, 0.2) is 30.6 Å². The molecule has 1 amide bonds. The van der Waals surface area contributed by atoms with Gasteiger partial charge in [0.25, 0.3) is 5.91 Å². The maximum atomic E-state index is 11.6. The molecule has 14 heteroatoms. The maximum absolute atomic E-state index is 11.6. The van der Waals surface area contributed by atoms with E-state index in [2.05, 4.69) is 14.9 Å². The number of hydrogen-bond donors (Lipinski definition) is 4. The third-order valence-corrected chi connectivity index (χ3v) is 6.35. The largest absolute Gasteiger partial charge is 0.398 e. The van der Waals surface area contributed by atoms with Crippen LogP contribution in [0.25, 0.3) is 22.6 Å². The highest BCUT2D eigenvalue weighted by Crippen LogP contribution is 2.29. The number of carbonyl (C=O) groups is 1. The fourth-order valence-corrected chi connectivity index (χ4v) is 4.20. The van der Waals surface area contributed by atoms with Crippen molar-refractivity contribution in [2.24, 2.45) is 7.05 Å². The zero-order valence-electron chi connectivity index (χ0n) is 21.0. The number of anilines is 3. The predicted octanol–water partition coefficient (Wildman–Crippen LogP) is -0.827. The highest BCUT2D eigenvalue weighted by atomic mass is 16.5. The van der Waals surface area contributed by atoms with Gasteiger partial charge in [-0.2, -0.15) is 0 Å². The number of aromatic nitrogens is 6. The number of nitrogen functional groups attached to an aromatic ring is 1. The Bertz CT molecular complexity index is 1500. The van der Waals surface area contributed by atoms with Crippen LogP contribution in [-0.4, -0.2) is 80.2 Å². The Morgan fingerprint density at radius 2 is 1.97 bits per heavy atom. The first-order valence-corrected chi connectivity index (χ1v) is 11.9. The van der Waals surface area contributed by atoms with E-state index in [0.29, 0.717) is 67.0 Å². The fourth-order valence-electron chi connectivity index (χ4n) is 4.20. The molecule has 4 heterocycles. The summed E-state index contributed by atoms with van der Waals surface area (Å²) in [4.78, 5) is 38.7. The van der Waals surface area contributed by atoms with Crippen molar-refractivity contribution < 1.29 is 20.1 Å². The van der Waals surface area contributed by atoms with Crippen LogP contribution >= 0.6 is 0 Å². The number of carbonyl (C=O) groups excluding carboxylic acids is 1. The number of hydroxylamine groups is 1. The highest BCUT2D eigenvalue weighted by molar-refractivity contribution is 5.92. The number of aryl methyl sites for hydroxylation is 1. The topological polar surface area (TPSA) is 186 Å². The Balaban J connectivity index is 1.55. The number of benzene rings is 1. The molecular weight excluding hydrogens is 490 g/mol. The van der Waals surface area contributed by atoms with E-state index in [4.69, 9.17) is 36.0 Å². The average molecular weight is 519 g/mol. The number of nitrogens with two attached hydrogens (primary N) is 2. The van der Waals surface area contributed by atoms with Crippen molar-refractivity contribution >= 4 is 40.7 Å². The molecule has 14 nitrogen and oxygen atoms in total. The third kappa shape index (κ3) is 4.69. The molecule has 1 saturated heterocycles. The van der Waals surface area contributed by atoms with Crippen molar-refractivity contribution in [1.29, 1.82) is 0 Å². The molecule has 0 saturated carbocycles. The van der Waals surface area contributed by atoms with Gasteiger partial charge >= 0.3 is 0 Å². The second-order valence-electron chi connectivity index (χ2n) is 8.81. The van der Waals surface area contributed by atoms with Crippen molar-refractivity contribution in [1.82, 2.24) is 35.0 Å². The molecule has 0 spiro atoms. The van der Waals surface area contributed by atoms with Crippen molar-refractivity contribution in [3.8, 4) is 11.4 Å². The Morgan fingerprint density at radius 1 is 1.24 bits per heavy atom. The van der Waals surface area contributed by atoms with Crippen molar-refractivity contribution in [3.63, 3.8) is 0 Å². The summed E-state index contributed by atoms with van der Waals surface area (Å²) in [6.07, 6.45) is 4.14. The van der Waals surface area contributed by atoms with E-state index in [1.54, 1.807) is 16.4 Å². The number of rotatable bonds is 7. The normalized spacial score (nSPS) is 13.5. The number of ether oxygens (including phenoxy) is 1. The van der Waals surface area contributed by atoms with Crippen molar-refractivity contribution in [2.75, 3.05) is 48.9 Å². The molecule has 0 radical (unpaired) electrons. The molecule has 0 bridgehead atoms. The van der Waals surface area contributed by atoms with Crippen molar-refractivity contribution in [2.45, 2.75) is 6.54 Å². The van der Waals surface area contributed by atoms with Crippen LogP contribution in [0.5, 0.6) is 0 Å². The molecule has 6 N–H and O–H groups in total. The van der Waals surface area contributed by atoms with Gasteiger partial charge < -0.3 is 24.8 Å². The first kappa shape index (κ1) is 25.0. The van der Waals surface area contributed by atoms with Crippen LogP contribution in [0.3, 0.4) is 0 Å². The van der Waals surface area contributed by atoms with E-state index in [-0.39, 0.29) is 5.56 Å². The Morgan fingerprint density at radius 3 is 2.66 bits per heavy atom. The third-order valence-electron chi connectivity index (χ3n) is 6.35. The Kier molecular flexibility index (Phi) is 6.81. The van der Waals surface area contributed by atoms with E-state index in [9.17, 15) is 4.79 Å². The van der Waals surface area contributed by atoms with E-state index >= 15 is 0 Å². The summed E-state index contributed by atoms with van der Waals surface area (Å²) in [6, 6.07) is 5.52. The highest BCUT2D eigenvalue weighted by Gasteiger charge is 2.23. The summed E-state index contributed by atoms with van der Waals surface area (Å²) in [5.41, 5.74) is 11.2. The minimum atomic E-state index is -0.683. The van der Waals surface area contributed by atoms with E-state index < -0.39 is 5.91 Å². The van der Waals surface area contributed by atoms with E-state index in [1.807, 2.05) is 30.8 Å². The second-order valence-corrected chi connectivity index (χ2v) is 8.81. The van der Waals surface area contributed by atoms with Crippen LogP contribution in [0.4, 0.5) is 17.5 Å². The number of fused-ring (bicyclic) bond motifs is 1. The number of amides is 1. The minimum Gasteiger partial charge on any atom is -0.398 e. The van der Waals surface area contributed by atoms with Gasteiger partial charge in [0.2, 0.25) is 5.95 Å². The van der Waals surface area contributed by atoms with E-state index in [1.165, 1.54) is 18.6 Å². The second kappa shape index (κ2) is 10.4. The lowest BCUT2D eigenvalue weighted by Crippen LogP contribution is -2.37. The lowest BCUT2D eigenvalue weighted by Gasteiger charge is -2.28. The molecule has 1 aliphatic rings. The number of nitrogens with one attached hydrogen (secondary N) is 1. The molecule has 0 unspecified atom stereocenters.